The molecule has 4 rings (SSSR count). The number of carbonyl (C=O) groups is 1. The summed E-state index contributed by atoms with van der Waals surface area (Å²) in [5, 5.41) is 5.39. The molecule has 0 spiro atoms. The summed E-state index contributed by atoms with van der Waals surface area (Å²) in [7, 11) is -4.42. The van der Waals surface area contributed by atoms with E-state index < -0.39 is 10.3 Å². The second-order valence-corrected chi connectivity index (χ2v) is 12.5. The summed E-state index contributed by atoms with van der Waals surface area (Å²) in [6, 6.07) is 26.0. The van der Waals surface area contributed by atoms with Crippen molar-refractivity contribution in [2.75, 3.05) is 6.61 Å². The first kappa shape index (κ1) is 31.0. The molecular weight excluding hydrogens is 546 g/mol. The summed E-state index contributed by atoms with van der Waals surface area (Å²) in [5.74, 6) is 1.13. The van der Waals surface area contributed by atoms with Crippen LogP contribution in [0.25, 0.3) is 22.3 Å². The first-order valence-electron chi connectivity index (χ1n) is 14.2. The predicted octanol–water partition coefficient (Wildman–Crippen LogP) is 8.23. The van der Waals surface area contributed by atoms with Crippen LogP contribution in [-0.4, -0.2) is 20.8 Å². The molecule has 4 aromatic rings. The maximum absolute atomic E-state index is 14.0. The van der Waals surface area contributed by atoms with Crippen LogP contribution in [0.4, 0.5) is 0 Å². The molecule has 0 radical (unpaired) electrons. The molecule has 0 unspecified atom stereocenters. The van der Waals surface area contributed by atoms with E-state index in [2.05, 4.69) is 53.7 Å². The molecule has 0 aromatic heterocycles. The average Bonchev–Trinajstić information content (AvgIpc) is 2.95. The highest BCUT2D eigenvalue weighted by atomic mass is 32.2. The standard InChI is InChI=1S/C35H39NO5S/c1-22(2)27-19-30(23(3)4)34(31(20-27)24(5)6)40-21-32(37)29-18-17-28(25-13-9-7-10-14-25)35(41-42(36,38)39)33(29)26-15-11-8-12-16-26/h7-20,22-24H,21H2,1-6H3,(H2,36,38,39). The van der Waals surface area contributed by atoms with Crippen LogP contribution in [0.3, 0.4) is 0 Å². The number of carbonyl (C=O) groups excluding carboxylic acids is 1. The van der Waals surface area contributed by atoms with Crippen molar-refractivity contribution in [1.82, 2.24) is 0 Å². The fourth-order valence-corrected chi connectivity index (χ4v) is 5.43. The lowest BCUT2D eigenvalue weighted by molar-refractivity contribution is 0.0920. The maximum Gasteiger partial charge on any atom is 0.380 e. The van der Waals surface area contributed by atoms with Crippen molar-refractivity contribution in [2.45, 2.75) is 59.3 Å². The second kappa shape index (κ2) is 12.9. The van der Waals surface area contributed by atoms with Crippen molar-refractivity contribution in [2.24, 2.45) is 5.14 Å². The maximum atomic E-state index is 14.0. The van der Waals surface area contributed by atoms with Gasteiger partial charge in [-0.2, -0.15) is 13.6 Å². The molecule has 0 bridgehead atoms. The average molecular weight is 586 g/mol. The number of nitrogens with two attached hydrogens (primary N) is 1. The van der Waals surface area contributed by atoms with Crippen LogP contribution < -0.4 is 14.1 Å². The Bertz CT molecular complexity index is 1630. The Kier molecular flexibility index (Phi) is 9.54. The van der Waals surface area contributed by atoms with Crippen molar-refractivity contribution >= 4 is 16.1 Å². The van der Waals surface area contributed by atoms with Gasteiger partial charge in [-0.05, 0) is 57.7 Å². The summed E-state index contributed by atoms with van der Waals surface area (Å²) >= 11 is 0. The Morgan fingerprint density at radius 1 is 0.714 bits per heavy atom. The highest BCUT2D eigenvalue weighted by Gasteiger charge is 2.26. The lowest BCUT2D eigenvalue weighted by atomic mass is 9.88. The molecule has 2 N–H and O–H groups in total. The van der Waals surface area contributed by atoms with Gasteiger partial charge in [0.2, 0.25) is 5.78 Å². The third-order valence-corrected chi connectivity index (χ3v) is 7.63. The van der Waals surface area contributed by atoms with Gasteiger partial charge in [-0.3, -0.25) is 4.79 Å². The normalized spacial score (nSPS) is 11.8. The Hall–Kier alpha value is -3.94. The van der Waals surface area contributed by atoms with E-state index in [0.717, 1.165) is 22.4 Å². The Labute approximate surface area is 249 Å². The van der Waals surface area contributed by atoms with Crippen molar-refractivity contribution in [3.63, 3.8) is 0 Å². The number of Topliss-reactive ketones (excluding diaryl/α,β-unsaturated/α-hetero) is 1. The molecule has 0 aliphatic heterocycles. The Morgan fingerprint density at radius 3 is 1.71 bits per heavy atom. The summed E-state index contributed by atoms with van der Waals surface area (Å²) < 4.78 is 36.3. The molecule has 0 heterocycles. The molecule has 0 fully saturated rings. The lowest BCUT2D eigenvalue weighted by Gasteiger charge is -2.23. The molecule has 6 nitrogen and oxygen atoms in total. The zero-order valence-corrected chi connectivity index (χ0v) is 25.9. The highest BCUT2D eigenvalue weighted by Crippen LogP contribution is 2.43. The molecule has 0 saturated heterocycles. The first-order chi connectivity index (χ1) is 19.9. The summed E-state index contributed by atoms with van der Waals surface area (Å²) in [4.78, 5) is 14.0. The monoisotopic (exact) mass is 585 g/mol. The van der Waals surface area contributed by atoms with Gasteiger partial charge in [0, 0.05) is 16.7 Å². The van der Waals surface area contributed by atoms with E-state index in [-0.39, 0.29) is 35.5 Å². The van der Waals surface area contributed by atoms with Crippen LogP contribution in [0.1, 0.15) is 86.3 Å². The van der Waals surface area contributed by atoms with Crippen molar-refractivity contribution in [3.8, 4) is 33.8 Å². The molecule has 0 aliphatic carbocycles. The van der Waals surface area contributed by atoms with Gasteiger partial charge in [0.1, 0.15) is 5.75 Å². The summed E-state index contributed by atoms with van der Waals surface area (Å²) in [6.45, 7) is 12.6. The molecule has 0 amide bonds. The van der Waals surface area contributed by atoms with Crippen molar-refractivity contribution in [3.05, 3.63) is 107 Å². The van der Waals surface area contributed by atoms with E-state index in [4.69, 9.17) is 14.1 Å². The number of hydrogen-bond acceptors (Lipinski definition) is 5. The minimum atomic E-state index is -4.42. The third kappa shape index (κ3) is 7.09. The highest BCUT2D eigenvalue weighted by molar-refractivity contribution is 7.84. The van der Waals surface area contributed by atoms with Gasteiger partial charge in [0.25, 0.3) is 0 Å². The van der Waals surface area contributed by atoms with E-state index in [1.54, 1.807) is 24.3 Å². The van der Waals surface area contributed by atoms with Crippen molar-refractivity contribution in [1.29, 1.82) is 0 Å². The minimum Gasteiger partial charge on any atom is -0.485 e. The van der Waals surface area contributed by atoms with Crippen LogP contribution in [-0.2, 0) is 10.3 Å². The topological polar surface area (TPSA) is 95.7 Å². The zero-order chi connectivity index (χ0) is 30.6. The quantitative estimate of drug-likeness (QED) is 0.179. The zero-order valence-electron chi connectivity index (χ0n) is 25.0. The van der Waals surface area contributed by atoms with E-state index in [1.165, 1.54) is 5.56 Å². The van der Waals surface area contributed by atoms with Crippen LogP contribution >= 0.6 is 0 Å². The second-order valence-electron chi connectivity index (χ2n) is 11.4. The van der Waals surface area contributed by atoms with E-state index in [0.29, 0.717) is 22.6 Å². The largest absolute Gasteiger partial charge is 0.485 e. The number of ether oxygens (including phenoxy) is 1. The van der Waals surface area contributed by atoms with Crippen LogP contribution in [0.15, 0.2) is 84.9 Å². The molecule has 4 aromatic carbocycles. The fraction of sp³-hybridized carbons (Fsp3) is 0.286. The van der Waals surface area contributed by atoms with Gasteiger partial charge < -0.3 is 8.92 Å². The molecule has 220 valence electrons. The van der Waals surface area contributed by atoms with Gasteiger partial charge in [-0.25, -0.2) is 0 Å². The van der Waals surface area contributed by atoms with Gasteiger partial charge in [-0.15, -0.1) is 0 Å². The fourth-order valence-electron chi connectivity index (χ4n) is 5.03. The molecule has 0 atom stereocenters. The first-order valence-corrected chi connectivity index (χ1v) is 15.7. The van der Waals surface area contributed by atoms with Crippen LogP contribution in [0, 0.1) is 0 Å². The smallest absolute Gasteiger partial charge is 0.380 e. The number of rotatable bonds is 11. The minimum absolute atomic E-state index is 0.00669. The molecule has 0 saturated carbocycles. The van der Waals surface area contributed by atoms with Gasteiger partial charge in [-0.1, -0.05) is 114 Å². The summed E-state index contributed by atoms with van der Waals surface area (Å²) in [5.41, 5.74) is 5.78. The molecule has 7 heteroatoms. The Balaban J connectivity index is 1.86. The van der Waals surface area contributed by atoms with Crippen LogP contribution in [0.5, 0.6) is 11.5 Å². The number of hydrogen-bond donors (Lipinski definition) is 1. The van der Waals surface area contributed by atoms with Gasteiger partial charge >= 0.3 is 10.3 Å². The van der Waals surface area contributed by atoms with Gasteiger partial charge in [0.15, 0.2) is 12.4 Å². The van der Waals surface area contributed by atoms with Crippen LogP contribution in [0.2, 0.25) is 0 Å². The SMILES string of the molecule is CC(C)c1cc(C(C)C)c(OCC(=O)c2ccc(-c3ccccc3)c(OS(N)(=O)=O)c2-c2ccccc2)c(C(C)C)c1. The Morgan fingerprint density at radius 2 is 1.24 bits per heavy atom. The number of benzene rings is 4. The van der Waals surface area contributed by atoms with Crippen molar-refractivity contribution < 1.29 is 22.1 Å². The molecule has 42 heavy (non-hydrogen) atoms. The van der Waals surface area contributed by atoms with E-state index in [1.807, 2.05) is 48.5 Å². The van der Waals surface area contributed by atoms with E-state index >= 15 is 0 Å². The third-order valence-electron chi connectivity index (χ3n) is 7.23. The molecular formula is C35H39NO5S. The summed E-state index contributed by atoms with van der Waals surface area (Å²) in [6.07, 6.45) is 0. The lowest BCUT2D eigenvalue weighted by Crippen LogP contribution is -2.21. The predicted molar refractivity (Wildman–Crippen MR) is 170 cm³/mol. The number of ketones is 1. The molecule has 0 aliphatic rings. The van der Waals surface area contributed by atoms with Gasteiger partial charge in [0.05, 0.1) is 0 Å². The van der Waals surface area contributed by atoms with E-state index in [9.17, 15) is 13.2 Å².